The monoisotopic (exact) mass is 552 g/mol. The average molecular weight is 554 g/mol. The molecular formula is C28H38O2Si2Zr. The van der Waals surface area contributed by atoms with Crippen LogP contribution in [0.4, 0.5) is 0 Å². The summed E-state index contributed by atoms with van der Waals surface area (Å²) in [7, 11) is -2.66. The van der Waals surface area contributed by atoms with Crippen molar-refractivity contribution in [1.82, 2.24) is 0 Å². The van der Waals surface area contributed by atoms with E-state index in [4.69, 9.17) is 0 Å². The molecular weight excluding hydrogens is 516 g/mol. The second-order valence-electron chi connectivity index (χ2n) is 9.54. The van der Waals surface area contributed by atoms with Crippen molar-refractivity contribution in [3.63, 3.8) is 0 Å². The van der Waals surface area contributed by atoms with E-state index >= 15 is 0 Å². The largest absolute Gasteiger partial charge is 2.00 e. The summed E-state index contributed by atoms with van der Waals surface area (Å²) < 4.78 is 0. The second-order valence-corrected chi connectivity index (χ2v) is 19.6. The zero-order valence-electron chi connectivity index (χ0n) is 20.9. The molecule has 2 aromatic rings. The van der Waals surface area contributed by atoms with Crippen molar-refractivity contribution >= 4 is 26.5 Å². The molecule has 2 aliphatic carbocycles. The molecule has 0 bridgehead atoms. The molecule has 2 nitrogen and oxygen atoms in total. The van der Waals surface area contributed by atoms with Gasteiger partial charge in [-0.2, -0.15) is 12.2 Å². The number of hydrogen-bond acceptors (Lipinski definition) is 2. The maximum Gasteiger partial charge on any atom is 2.00 e. The number of para-hydroxylation sites is 2. The van der Waals surface area contributed by atoms with Crippen LogP contribution in [-0.2, 0) is 26.2 Å². The van der Waals surface area contributed by atoms with E-state index in [1.807, 2.05) is 60.7 Å². The molecule has 0 saturated carbocycles. The van der Waals surface area contributed by atoms with Crippen molar-refractivity contribution in [1.29, 1.82) is 0 Å². The number of allylic oxidation sites excluding steroid dienone is 8. The Morgan fingerprint density at radius 2 is 0.939 bits per heavy atom. The van der Waals surface area contributed by atoms with E-state index in [-0.39, 0.29) is 26.2 Å². The third kappa shape index (κ3) is 13.6. The first-order valence-corrected chi connectivity index (χ1v) is 18.0. The summed E-state index contributed by atoms with van der Waals surface area (Å²) in [6.07, 6.45) is 20.0. The molecule has 0 spiro atoms. The Labute approximate surface area is 222 Å². The van der Waals surface area contributed by atoms with Gasteiger partial charge in [-0.1, -0.05) is 75.7 Å². The number of aromatic hydroxyl groups is 2. The molecule has 0 aliphatic heterocycles. The van der Waals surface area contributed by atoms with Crippen LogP contribution in [0.3, 0.4) is 0 Å². The molecule has 2 aromatic carbocycles. The maximum atomic E-state index is 9.48. The van der Waals surface area contributed by atoms with Gasteiger partial charge in [-0.25, -0.2) is 24.3 Å². The molecule has 0 radical (unpaired) electrons. The second kappa shape index (κ2) is 16.0. The van der Waals surface area contributed by atoms with Crippen LogP contribution in [0.25, 0.3) is 0 Å². The minimum atomic E-state index is -1.33. The number of phenolic OH excluding ortho intramolecular Hbond substituents is 2. The van der Waals surface area contributed by atoms with E-state index in [9.17, 15) is 10.2 Å². The molecule has 2 N–H and O–H groups in total. The van der Waals surface area contributed by atoms with E-state index in [1.165, 1.54) is 0 Å². The first kappa shape index (κ1) is 31.3. The molecule has 0 fully saturated rings. The fourth-order valence-electron chi connectivity index (χ4n) is 2.90. The van der Waals surface area contributed by atoms with Gasteiger partial charge in [0, 0.05) is 0 Å². The van der Waals surface area contributed by atoms with E-state index in [2.05, 4.69) is 63.6 Å². The summed E-state index contributed by atoms with van der Waals surface area (Å²) in [4.78, 5) is 0. The zero-order valence-corrected chi connectivity index (χ0v) is 25.3. The number of rotatable bonds is 2. The van der Waals surface area contributed by atoms with E-state index in [0.29, 0.717) is 11.5 Å². The number of hydrogen-bond donors (Lipinski definition) is 2. The van der Waals surface area contributed by atoms with Gasteiger partial charge in [0.05, 0.1) is 16.1 Å². The Hall–Kier alpha value is -1.68. The summed E-state index contributed by atoms with van der Waals surface area (Å²) in [5.41, 5.74) is 0. The van der Waals surface area contributed by atoms with Crippen LogP contribution in [0.15, 0.2) is 85.0 Å². The average Bonchev–Trinajstić information content (AvgIpc) is 3.46. The Balaban J connectivity index is 0.000000434. The normalized spacial score (nSPS) is 13.0. The number of benzene rings is 2. The van der Waals surface area contributed by atoms with Crippen molar-refractivity contribution in [2.24, 2.45) is 0 Å². The predicted molar refractivity (Wildman–Crippen MR) is 145 cm³/mol. The minimum absolute atomic E-state index is 0. The van der Waals surface area contributed by atoms with Crippen LogP contribution in [0.1, 0.15) is 12.8 Å². The van der Waals surface area contributed by atoms with Crippen LogP contribution in [0, 0.1) is 12.2 Å². The molecule has 0 aromatic heterocycles. The molecule has 2 aliphatic rings. The van der Waals surface area contributed by atoms with Crippen molar-refractivity contribution in [3.8, 4) is 11.5 Å². The van der Waals surface area contributed by atoms with Crippen molar-refractivity contribution in [3.05, 3.63) is 97.1 Å². The van der Waals surface area contributed by atoms with Crippen molar-refractivity contribution in [2.45, 2.75) is 52.1 Å². The summed E-state index contributed by atoms with van der Waals surface area (Å²) >= 11 is 0. The molecule has 4 rings (SSSR count). The Morgan fingerprint density at radius 3 is 1.09 bits per heavy atom. The fourth-order valence-corrected chi connectivity index (χ4v) is 5.79. The van der Waals surface area contributed by atoms with Gasteiger partial charge < -0.3 is 10.2 Å². The van der Waals surface area contributed by atoms with Gasteiger partial charge >= 0.3 is 26.2 Å². The van der Waals surface area contributed by atoms with Crippen molar-refractivity contribution < 1.29 is 36.4 Å². The van der Waals surface area contributed by atoms with Gasteiger partial charge in [0.15, 0.2) is 0 Å². The van der Waals surface area contributed by atoms with E-state index < -0.39 is 16.1 Å². The summed E-state index contributed by atoms with van der Waals surface area (Å²) in [6, 6.07) is 15.2. The molecule has 174 valence electrons. The molecule has 0 saturated heterocycles. The third-order valence-corrected chi connectivity index (χ3v) is 8.67. The summed E-state index contributed by atoms with van der Waals surface area (Å²) in [6.45, 7) is 13.3. The van der Waals surface area contributed by atoms with Crippen LogP contribution < -0.4 is 10.4 Å². The zero-order chi connectivity index (χ0) is 24.0. The molecule has 5 heteroatoms. The first-order valence-electron chi connectivity index (χ1n) is 11.0. The smallest absolute Gasteiger partial charge is 0.508 e. The quantitative estimate of drug-likeness (QED) is 0.330. The SMILES string of the molecule is C[Si](C)(C)c1ccccc1O.C[Si](C)(C)c1ccccc1O.[C-]1=CC=CC1.[C-]1=CC=CC1.[Zr+2]. The first-order chi connectivity index (χ1) is 15.0. The van der Waals surface area contributed by atoms with E-state index in [0.717, 1.165) is 23.2 Å². The summed E-state index contributed by atoms with van der Waals surface area (Å²) in [5.74, 6) is 0.901. The number of phenols is 2. The van der Waals surface area contributed by atoms with Gasteiger partial charge in [0.1, 0.15) is 11.5 Å². The summed E-state index contributed by atoms with van der Waals surface area (Å²) in [5, 5.41) is 21.2. The predicted octanol–water partition coefficient (Wildman–Crippen LogP) is 6.48. The maximum absolute atomic E-state index is 9.48. The molecule has 0 atom stereocenters. The minimum Gasteiger partial charge on any atom is -0.508 e. The van der Waals surface area contributed by atoms with Crippen molar-refractivity contribution in [2.75, 3.05) is 0 Å². The van der Waals surface area contributed by atoms with Crippen LogP contribution in [0.2, 0.25) is 39.3 Å². The van der Waals surface area contributed by atoms with Crippen LogP contribution in [0.5, 0.6) is 11.5 Å². The molecule has 0 unspecified atom stereocenters. The Kier molecular flexibility index (Phi) is 15.2. The van der Waals surface area contributed by atoms with Crippen LogP contribution in [-0.4, -0.2) is 26.4 Å². The Bertz CT molecular complexity index is 836. The molecule has 0 amide bonds. The van der Waals surface area contributed by atoms with Gasteiger partial charge in [-0.05, 0) is 22.5 Å². The topological polar surface area (TPSA) is 40.5 Å². The van der Waals surface area contributed by atoms with Crippen LogP contribution >= 0.6 is 0 Å². The standard InChI is InChI=1S/2C9H14OSi.2C5H5.Zr/c2*1-11(2,3)9-7-5-4-6-8(9)10;2*1-2-4-5-3-1;/h2*4-7,10H,1-3H3;2*1-3H,4H2;/q;;2*-1;+2. The Morgan fingerprint density at radius 1 is 0.606 bits per heavy atom. The van der Waals surface area contributed by atoms with E-state index in [1.54, 1.807) is 12.1 Å². The third-order valence-electron chi connectivity index (χ3n) is 4.60. The van der Waals surface area contributed by atoms with Gasteiger partial charge in [0.2, 0.25) is 0 Å². The van der Waals surface area contributed by atoms with Gasteiger partial charge in [-0.3, -0.25) is 12.2 Å². The molecule has 0 heterocycles. The van der Waals surface area contributed by atoms with Gasteiger partial charge in [-0.15, -0.1) is 12.8 Å². The fraction of sp³-hybridized carbons (Fsp3) is 0.286. The molecule has 33 heavy (non-hydrogen) atoms. The van der Waals surface area contributed by atoms with Gasteiger partial charge in [0.25, 0.3) is 0 Å².